The molecule has 1 saturated carbocycles. The van der Waals surface area contributed by atoms with Crippen LogP contribution in [0.3, 0.4) is 0 Å². The summed E-state index contributed by atoms with van der Waals surface area (Å²) in [5.41, 5.74) is 2.29. The van der Waals surface area contributed by atoms with E-state index in [2.05, 4.69) is 25.9 Å². The first-order valence-corrected chi connectivity index (χ1v) is 9.08. The van der Waals surface area contributed by atoms with E-state index < -0.39 is 0 Å². The number of benzene rings is 2. The number of nitrogens with one attached hydrogen (secondary N) is 3. The quantitative estimate of drug-likeness (QED) is 0.563. The highest BCUT2D eigenvalue weighted by atomic mass is 35.5. The van der Waals surface area contributed by atoms with Crippen LogP contribution in [0.4, 0.5) is 28.8 Å². The van der Waals surface area contributed by atoms with Crippen molar-refractivity contribution in [3.05, 3.63) is 65.8 Å². The predicted molar refractivity (Wildman–Crippen MR) is 108 cm³/mol. The van der Waals surface area contributed by atoms with Gasteiger partial charge in [-0.2, -0.15) is 4.98 Å². The Hall–Kier alpha value is -3.12. The van der Waals surface area contributed by atoms with Gasteiger partial charge in [0.1, 0.15) is 5.02 Å². The van der Waals surface area contributed by atoms with Crippen LogP contribution in [-0.4, -0.2) is 15.9 Å². The van der Waals surface area contributed by atoms with Gasteiger partial charge in [0, 0.05) is 11.6 Å². The number of nitrogens with zero attached hydrogens (tertiary/aromatic N) is 2. The number of halogens is 1. The van der Waals surface area contributed by atoms with Crippen molar-refractivity contribution in [1.29, 1.82) is 0 Å². The Balaban J connectivity index is 1.55. The Kier molecular flexibility index (Phi) is 4.89. The van der Waals surface area contributed by atoms with Crippen molar-refractivity contribution in [2.24, 2.45) is 5.92 Å². The second-order valence-corrected chi connectivity index (χ2v) is 6.72. The molecule has 0 atom stereocenters. The fourth-order valence-electron chi connectivity index (χ4n) is 2.57. The van der Waals surface area contributed by atoms with Crippen molar-refractivity contribution < 1.29 is 4.79 Å². The number of para-hydroxylation sites is 3. The van der Waals surface area contributed by atoms with Gasteiger partial charge in [-0.25, -0.2) is 4.98 Å². The molecule has 0 aliphatic heterocycles. The third-order valence-electron chi connectivity index (χ3n) is 4.16. The molecule has 0 saturated heterocycles. The molecule has 3 aromatic rings. The Morgan fingerprint density at radius 2 is 1.67 bits per heavy atom. The van der Waals surface area contributed by atoms with Gasteiger partial charge in [-0.3, -0.25) is 4.79 Å². The number of amides is 1. The molecule has 0 bridgehead atoms. The third-order valence-corrected chi connectivity index (χ3v) is 4.44. The minimum absolute atomic E-state index is 0.0458. The van der Waals surface area contributed by atoms with Gasteiger partial charge < -0.3 is 16.0 Å². The van der Waals surface area contributed by atoms with E-state index in [-0.39, 0.29) is 11.8 Å². The van der Waals surface area contributed by atoms with Crippen LogP contribution >= 0.6 is 11.6 Å². The summed E-state index contributed by atoms with van der Waals surface area (Å²) in [4.78, 5) is 20.8. The molecule has 7 heteroatoms. The lowest BCUT2D eigenvalue weighted by molar-refractivity contribution is -0.117. The molecule has 0 unspecified atom stereocenters. The normalized spacial score (nSPS) is 13.1. The molecule has 1 aromatic heterocycles. The van der Waals surface area contributed by atoms with E-state index in [0.717, 1.165) is 24.2 Å². The predicted octanol–water partition coefficient (Wildman–Crippen LogP) is 4.97. The number of aromatic nitrogens is 2. The molecule has 3 N–H and O–H groups in total. The minimum atomic E-state index is 0.0458. The molecular formula is C20H18ClN5O. The maximum atomic E-state index is 12.1. The smallest absolute Gasteiger partial charge is 0.229 e. The maximum Gasteiger partial charge on any atom is 0.229 e. The monoisotopic (exact) mass is 379 g/mol. The van der Waals surface area contributed by atoms with Crippen molar-refractivity contribution in [3.8, 4) is 0 Å². The van der Waals surface area contributed by atoms with Crippen LogP contribution in [0.1, 0.15) is 12.8 Å². The molecule has 1 heterocycles. The zero-order chi connectivity index (χ0) is 18.6. The van der Waals surface area contributed by atoms with Gasteiger partial charge in [0.05, 0.1) is 17.6 Å². The van der Waals surface area contributed by atoms with Crippen molar-refractivity contribution in [2.75, 3.05) is 16.0 Å². The topological polar surface area (TPSA) is 78.9 Å². The Labute approximate surface area is 162 Å². The Morgan fingerprint density at radius 1 is 0.963 bits per heavy atom. The number of carbonyl (C=O) groups is 1. The summed E-state index contributed by atoms with van der Waals surface area (Å²) in [5, 5.41) is 9.68. The first-order valence-electron chi connectivity index (χ1n) is 8.70. The first kappa shape index (κ1) is 17.3. The van der Waals surface area contributed by atoms with Crippen LogP contribution < -0.4 is 16.0 Å². The summed E-state index contributed by atoms with van der Waals surface area (Å²) in [7, 11) is 0. The molecule has 1 fully saturated rings. The van der Waals surface area contributed by atoms with E-state index >= 15 is 0 Å². The van der Waals surface area contributed by atoms with Crippen molar-refractivity contribution >= 4 is 46.3 Å². The van der Waals surface area contributed by atoms with Gasteiger partial charge in [-0.05, 0) is 37.1 Å². The van der Waals surface area contributed by atoms with Crippen LogP contribution in [0, 0.1) is 5.92 Å². The second kappa shape index (κ2) is 7.63. The van der Waals surface area contributed by atoms with E-state index in [1.54, 1.807) is 0 Å². The lowest BCUT2D eigenvalue weighted by Crippen LogP contribution is -2.14. The van der Waals surface area contributed by atoms with Gasteiger partial charge in [-0.1, -0.05) is 41.9 Å². The van der Waals surface area contributed by atoms with Crippen molar-refractivity contribution in [3.63, 3.8) is 0 Å². The standard InChI is InChI=1S/C20H18ClN5O/c21-15-12-22-20(23-14-6-2-1-3-7-14)26-18(15)24-16-8-4-5-9-17(16)25-19(27)13-10-11-13/h1-9,12-13H,10-11H2,(H,25,27)(H2,22,23,24,26). The summed E-state index contributed by atoms with van der Waals surface area (Å²) in [6.07, 6.45) is 3.44. The highest BCUT2D eigenvalue weighted by molar-refractivity contribution is 6.33. The second-order valence-electron chi connectivity index (χ2n) is 6.32. The lowest BCUT2D eigenvalue weighted by Gasteiger charge is -2.14. The third kappa shape index (κ3) is 4.35. The highest BCUT2D eigenvalue weighted by Crippen LogP contribution is 2.33. The van der Waals surface area contributed by atoms with Gasteiger partial charge >= 0.3 is 0 Å². The first-order chi connectivity index (χ1) is 13.2. The molecule has 0 radical (unpaired) electrons. The average Bonchev–Trinajstić information content (AvgIpc) is 3.52. The number of anilines is 5. The van der Waals surface area contributed by atoms with E-state index in [0.29, 0.717) is 22.5 Å². The number of hydrogen-bond donors (Lipinski definition) is 3. The Morgan fingerprint density at radius 3 is 2.41 bits per heavy atom. The lowest BCUT2D eigenvalue weighted by atomic mass is 10.2. The van der Waals surface area contributed by atoms with E-state index in [1.165, 1.54) is 6.20 Å². The minimum Gasteiger partial charge on any atom is -0.337 e. The van der Waals surface area contributed by atoms with Gasteiger partial charge in [0.2, 0.25) is 11.9 Å². The van der Waals surface area contributed by atoms with Crippen LogP contribution in [0.15, 0.2) is 60.8 Å². The number of rotatable bonds is 6. The molecule has 2 aromatic carbocycles. The fraction of sp³-hybridized carbons (Fsp3) is 0.150. The molecule has 27 heavy (non-hydrogen) atoms. The van der Waals surface area contributed by atoms with E-state index in [9.17, 15) is 4.79 Å². The maximum absolute atomic E-state index is 12.1. The molecule has 136 valence electrons. The summed E-state index contributed by atoms with van der Waals surface area (Å²) in [6.45, 7) is 0. The zero-order valence-electron chi connectivity index (χ0n) is 14.4. The molecular weight excluding hydrogens is 362 g/mol. The van der Waals surface area contributed by atoms with Gasteiger partial charge in [0.15, 0.2) is 5.82 Å². The number of hydrogen-bond acceptors (Lipinski definition) is 5. The van der Waals surface area contributed by atoms with Crippen LogP contribution in [0.25, 0.3) is 0 Å². The van der Waals surface area contributed by atoms with E-state index in [4.69, 9.17) is 11.6 Å². The largest absolute Gasteiger partial charge is 0.337 e. The molecule has 1 aliphatic carbocycles. The summed E-state index contributed by atoms with van der Waals surface area (Å²) in [6, 6.07) is 17.1. The highest BCUT2D eigenvalue weighted by Gasteiger charge is 2.29. The fourth-order valence-corrected chi connectivity index (χ4v) is 2.71. The summed E-state index contributed by atoms with van der Waals surface area (Å²) in [5.74, 6) is 1.05. The van der Waals surface area contributed by atoms with Gasteiger partial charge in [-0.15, -0.1) is 0 Å². The van der Waals surface area contributed by atoms with Crippen LogP contribution in [0.2, 0.25) is 5.02 Å². The van der Waals surface area contributed by atoms with Crippen molar-refractivity contribution in [1.82, 2.24) is 9.97 Å². The number of carbonyl (C=O) groups excluding carboxylic acids is 1. The molecule has 1 aliphatic rings. The molecule has 0 spiro atoms. The summed E-state index contributed by atoms with van der Waals surface area (Å²) >= 11 is 6.27. The SMILES string of the molecule is O=C(Nc1ccccc1Nc1nc(Nc2ccccc2)ncc1Cl)C1CC1. The molecule has 1 amide bonds. The van der Waals surface area contributed by atoms with Gasteiger partial charge in [0.25, 0.3) is 0 Å². The average molecular weight is 380 g/mol. The summed E-state index contributed by atoms with van der Waals surface area (Å²) < 4.78 is 0. The van der Waals surface area contributed by atoms with Crippen molar-refractivity contribution in [2.45, 2.75) is 12.8 Å². The van der Waals surface area contributed by atoms with Crippen LogP contribution in [-0.2, 0) is 4.79 Å². The zero-order valence-corrected chi connectivity index (χ0v) is 15.2. The molecule has 4 rings (SSSR count). The van der Waals surface area contributed by atoms with Crippen LogP contribution in [0.5, 0.6) is 0 Å². The Bertz CT molecular complexity index is 960. The van der Waals surface area contributed by atoms with E-state index in [1.807, 2.05) is 54.6 Å². The molecule has 6 nitrogen and oxygen atoms in total.